The largest absolute Gasteiger partial charge is 0.490 e. The molecule has 1 aliphatic heterocycles. The van der Waals surface area contributed by atoms with Gasteiger partial charge in [-0.05, 0) is 0 Å². The van der Waals surface area contributed by atoms with Crippen LogP contribution in [0.2, 0.25) is 5.02 Å². The Morgan fingerprint density at radius 1 is 1.67 bits per heavy atom. The highest BCUT2D eigenvalue weighted by Gasteiger charge is 2.23. The molecule has 15 heavy (non-hydrogen) atoms. The summed E-state index contributed by atoms with van der Waals surface area (Å²) in [5.41, 5.74) is 0.783. The Morgan fingerprint density at radius 3 is 3.07 bits per heavy atom. The van der Waals surface area contributed by atoms with Crippen LogP contribution in [0.1, 0.15) is 5.56 Å². The number of ether oxygens (including phenoxy) is 1. The lowest BCUT2D eigenvalue weighted by Crippen LogP contribution is -2.30. The number of hydrogen-bond donors (Lipinski definition) is 1. The van der Waals surface area contributed by atoms with Gasteiger partial charge in [0.2, 0.25) is 0 Å². The van der Waals surface area contributed by atoms with Crippen molar-refractivity contribution in [1.82, 2.24) is 0 Å². The predicted octanol–water partition coefficient (Wildman–Crippen LogP) is 1.80. The third kappa shape index (κ3) is 1.64. The number of fused-ring (bicyclic) bond motifs is 1. The fraction of sp³-hybridized carbons (Fsp3) is 0.400. The number of aliphatic hydroxyl groups excluding tert-OH is 1. The van der Waals surface area contributed by atoms with Gasteiger partial charge in [-0.2, -0.15) is 0 Å². The zero-order chi connectivity index (χ0) is 11.0. The van der Waals surface area contributed by atoms with Crippen molar-refractivity contribution in [3.63, 3.8) is 0 Å². The van der Waals surface area contributed by atoms with Gasteiger partial charge in [0.15, 0.2) is 0 Å². The fourth-order valence-electron chi connectivity index (χ4n) is 1.72. The average Bonchev–Trinajstić information content (AvgIpc) is 2.21. The lowest BCUT2D eigenvalue weighted by molar-refractivity contribution is 0.270. The first-order valence-corrected chi connectivity index (χ1v) is 4.98. The van der Waals surface area contributed by atoms with Gasteiger partial charge in [-0.1, -0.05) is 11.6 Å². The third-order valence-corrected chi connectivity index (χ3v) is 2.75. The Hall–Kier alpha value is -1.00. The minimum atomic E-state index is -0.574. The van der Waals surface area contributed by atoms with Crippen LogP contribution in [-0.2, 0) is 6.61 Å². The van der Waals surface area contributed by atoms with E-state index in [-0.39, 0.29) is 17.2 Å². The molecule has 1 N–H and O–H groups in total. The van der Waals surface area contributed by atoms with Gasteiger partial charge in [0, 0.05) is 18.7 Å². The molecule has 5 heteroatoms. The van der Waals surface area contributed by atoms with Crippen LogP contribution in [0.5, 0.6) is 5.75 Å². The van der Waals surface area contributed by atoms with Crippen molar-refractivity contribution in [3.05, 3.63) is 22.5 Å². The zero-order valence-corrected chi connectivity index (χ0v) is 9.01. The Bertz CT molecular complexity index is 397. The minimum Gasteiger partial charge on any atom is -0.490 e. The number of hydrogen-bond acceptors (Lipinski definition) is 3. The SMILES string of the molecule is CN1CCOc2cc(Cl)c(F)c(CO)c21. The van der Waals surface area contributed by atoms with E-state index in [1.54, 1.807) is 0 Å². The first-order valence-electron chi connectivity index (χ1n) is 4.60. The van der Waals surface area contributed by atoms with Crippen molar-refractivity contribution in [2.45, 2.75) is 6.61 Å². The van der Waals surface area contributed by atoms with Gasteiger partial charge >= 0.3 is 0 Å². The summed E-state index contributed by atoms with van der Waals surface area (Å²) in [5.74, 6) is -0.0468. The van der Waals surface area contributed by atoms with Crippen LogP contribution in [-0.4, -0.2) is 25.3 Å². The van der Waals surface area contributed by atoms with Crippen LogP contribution in [0.15, 0.2) is 6.07 Å². The number of rotatable bonds is 1. The van der Waals surface area contributed by atoms with Crippen molar-refractivity contribution >= 4 is 17.3 Å². The van der Waals surface area contributed by atoms with Crippen LogP contribution >= 0.6 is 11.6 Å². The van der Waals surface area contributed by atoms with Gasteiger partial charge in [-0.15, -0.1) is 0 Å². The number of halogens is 2. The predicted molar refractivity (Wildman–Crippen MR) is 56.1 cm³/mol. The normalized spacial score (nSPS) is 14.8. The van der Waals surface area contributed by atoms with Gasteiger partial charge < -0.3 is 14.7 Å². The summed E-state index contributed by atoms with van der Waals surface area (Å²) in [6.45, 7) is 0.819. The molecule has 0 saturated carbocycles. The lowest BCUT2D eigenvalue weighted by atomic mass is 10.1. The van der Waals surface area contributed by atoms with E-state index in [4.69, 9.17) is 21.4 Å². The molecule has 0 saturated heterocycles. The molecule has 1 aliphatic rings. The van der Waals surface area contributed by atoms with Crippen LogP contribution in [0.25, 0.3) is 0 Å². The van der Waals surface area contributed by atoms with Gasteiger partial charge in [0.1, 0.15) is 18.2 Å². The average molecular weight is 232 g/mol. The highest BCUT2D eigenvalue weighted by Crippen LogP contribution is 2.39. The van der Waals surface area contributed by atoms with E-state index in [1.807, 2.05) is 11.9 Å². The maximum Gasteiger partial charge on any atom is 0.149 e. The molecule has 0 bridgehead atoms. The van der Waals surface area contributed by atoms with E-state index in [1.165, 1.54) is 6.07 Å². The van der Waals surface area contributed by atoms with E-state index in [0.29, 0.717) is 24.6 Å². The van der Waals surface area contributed by atoms with E-state index < -0.39 is 5.82 Å². The molecule has 3 nitrogen and oxygen atoms in total. The Kier molecular flexibility index (Phi) is 2.71. The quantitative estimate of drug-likeness (QED) is 0.800. The highest BCUT2D eigenvalue weighted by molar-refractivity contribution is 6.31. The molecule has 82 valence electrons. The van der Waals surface area contributed by atoms with Gasteiger partial charge in [-0.25, -0.2) is 4.39 Å². The molecule has 0 aromatic heterocycles. The van der Waals surface area contributed by atoms with E-state index >= 15 is 0 Å². The molecular formula is C10H11ClFNO2. The number of nitrogens with zero attached hydrogens (tertiary/aromatic N) is 1. The lowest BCUT2D eigenvalue weighted by Gasteiger charge is -2.30. The first kappa shape index (κ1) is 10.5. The smallest absolute Gasteiger partial charge is 0.149 e. The number of likely N-dealkylation sites (N-methyl/N-ethyl adjacent to an activating group) is 1. The molecule has 0 atom stereocenters. The van der Waals surface area contributed by atoms with Crippen LogP contribution in [0.4, 0.5) is 10.1 Å². The first-order chi connectivity index (χ1) is 7.15. The second kappa shape index (κ2) is 3.87. The van der Waals surface area contributed by atoms with E-state index in [9.17, 15) is 4.39 Å². The molecule has 0 radical (unpaired) electrons. The Labute approximate surface area is 92.0 Å². The van der Waals surface area contributed by atoms with Crippen LogP contribution in [0, 0.1) is 5.82 Å². The highest BCUT2D eigenvalue weighted by atomic mass is 35.5. The topological polar surface area (TPSA) is 32.7 Å². The van der Waals surface area contributed by atoms with Gasteiger partial charge in [-0.3, -0.25) is 0 Å². The van der Waals surface area contributed by atoms with Crippen molar-refractivity contribution in [2.75, 3.05) is 25.1 Å². The molecule has 0 unspecified atom stereocenters. The molecule has 1 heterocycles. The molecule has 0 spiro atoms. The Balaban J connectivity index is 2.65. The minimum absolute atomic E-state index is 0.0203. The van der Waals surface area contributed by atoms with Crippen molar-refractivity contribution in [1.29, 1.82) is 0 Å². The van der Waals surface area contributed by atoms with E-state index in [0.717, 1.165) is 0 Å². The monoisotopic (exact) mass is 231 g/mol. The Morgan fingerprint density at radius 2 is 2.40 bits per heavy atom. The summed E-state index contributed by atoms with van der Waals surface area (Å²) in [4.78, 5) is 1.85. The number of benzene rings is 1. The summed E-state index contributed by atoms with van der Waals surface area (Å²) in [6.07, 6.45) is 0. The summed E-state index contributed by atoms with van der Waals surface area (Å²) >= 11 is 5.69. The fourth-order valence-corrected chi connectivity index (χ4v) is 1.93. The van der Waals surface area contributed by atoms with Crippen molar-refractivity contribution < 1.29 is 14.2 Å². The molecule has 0 fully saturated rings. The molecule has 0 aliphatic carbocycles. The maximum atomic E-state index is 13.6. The summed E-state index contributed by atoms with van der Waals surface area (Å²) < 4.78 is 19.0. The maximum absolute atomic E-state index is 13.6. The summed E-state index contributed by atoms with van der Waals surface area (Å²) in [5, 5.41) is 9.12. The zero-order valence-electron chi connectivity index (χ0n) is 8.26. The summed E-state index contributed by atoms with van der Waals surface area (Å²) in [6, 6.07) is 1.45. The summed E-state index contributed by atoms with van der Waals surface area (Å²) in [7, 11) is 1.83. The molecular weight excluding hydrogens is 221 g/mol. The van der Waals surface area contributed by atoms with E-state index in [2.05, 4.69) is 0 Å². The standard InChI is InChI=1S/C10H11ClFNO2/c1-13-2-3-15-8-4-7(11)9(12)6(5-14)10(8)13/h4,14H,2-3,5H2,1H3. The molecule has 2 rings (SSSR count). The van der Waals surface area contributed by atoms with Crippen molar-refractivity contribution in [2.24, 2.45) is 0 Å². The number of anilines is 1. The van der Waals surface area contributed by atoms with Crippen LogP contribution < -0.4 is 9.64 Å². The number of aliphatic hydroxyl groups is 1. The molecule has 0 amide bonds. The molecule has 1 aromatic carbocycles. The third-order valence-electron chi connectivity index (χ3n) is 2.48. The second-order valence-corrected chi connectivity index (χ2v) is 3.83. The van der Waals surface area contributed by atoms with Crippen LogP contribution in [0.3, 0.4) is 0 Å². The second-order valence-electron chi connectivity index (χ2n) is 3.43. The van der Waals surface area contributed by atoms with Gasteiger partial charge in [0.25, 0.3) is 0 Å². The van der Waals surface area contributed by atoms with Crippen molar-refractivity contribution in [3.8, 4) is 5.75 Å². The van der Waals surface area contributed by atoms with Gasteiger partial charge in [0.05, 0.1) is 23.9 Å². The molecule has 1 aromatic rings.